The summed E-state index contributed by atoms with van der Waals surface area (Å²) >= 11 is 0. The summed E-state index contributed by atoms with van der Waals surface area (Å²) in [6.45, 7) is 0.936. The first-order valence-corrected chi connectivity index (χ1v) is 8.22. The summed E-state index contributed by atoms with van der Waals surface area (Å²) < 4.78 is 7.81. The summed E-state index contributed by atoms with van der Waals surface area (Å²) in [5.41, 5.74) is 7.39. The molecule has 4 heteroatoms. The first kappa shape index (κ1) is 14.1. The molecule has 2 unspecified atom stereocenters. The van der Waals surface area contributed by atoms with Gasteiger partial charge in [-0.1, -0.05) is 12.8 Å². The van der Waals surface area contributed by atoms with Crippen molar-refractivity contribution >= 4 is 0 Å². The van der Waals surface area contributed by atoms with Crippen LogP contribution in [0, 0.1) is 0 Å². The van der Waals surface area contributed by atoms with Crippen LogP contribution in [0.25, 0.3) is 0 Å². The minimum Gasteiger partial charge on any atom is -0.378 e. The largest absolute Gasteiger partial charge is 0.378 e. The van der Waals surface area contributed by atoms with E-state index in [1.165, 1.54) is 38.5 Å². The van der Waals surface area contributed by atoms with Crippen LogP contribution in [-0.4, -0.2) is 28.5 Å². The van der Waals surface area contributed by atoms with Crippen LogP contribution in [0.2, 0.25) is 0 Å². The molecular weight excluding hydrogens is 250 g/mol. The van der Waals surface area contributed by atoms with Gasteiger partial charge in [0, 0.05) is 25.3 Å². The fourth-order valence-electron chi connectivity index (χ4n) is 3.50. The molecule has 1 saturated heterocycles. The van der Waals surface area contributed by atoms with E-state index in [0.717, 1.165) is 31.6 Å². The zero-order chi connectivity index (χ0) is 13.8. The van der Waals surface area contributed by atoms with Crippen LogP contribution in [0.3, 0.4) is 0 Å². The minimum absolute atomic E-state index is 0.214. The number of nitrogens with zero attached hydrogens (tertiary/aromatic N) is 2. The van der Waals surface area contributed by atoms with Crippen molar-refractivity contribution in [3.05, 3.63) is 18.0 Å². The van der Waals surface area contributed by atoms with Gasteiger partial charge in [0.2, 0.25) is 0 Å². The Morgan fingerprint density at radius 1 is 1.30 bits per heavy atom. The van der Waals surface area contributed by atoms with E-state index >= 15 is 0 Å². The molecule has 2 heterocycles. The lowest BCUT2D eigenvalue weighted by atomic mass is 10.0. The molecule has 0 radical (unpaired) electrons. The SMILES string of the molecule is NC(CCC1CCCO1)Cc1ccn(C2CCCC2)n1. The maximum atomic E-state index is 6.24. The second-order valence-electron chi connectivity index (χ2n) is 6.40. The Labute approximate surface area is 121 Å². The minimum atomic E-state index is 0.214. The van der Waals surface area contributed by atoms with Crippen molar-refractivity contribution < 1.29 is 4.74 Å². The van der Waals surface area contributed by atoms with Gasteiger partial charge >= 0.3 is 0 Å². The third kappa shape index (κ3) is 3.61. The molecule has 112 valence electrons. The van der Waals surface area contributed by atoms with Gasteiger partial charge in [0.05, 0.1) is 17.8 Å². The van der Waals surface area contributed by atoms with Gasteiger partial charge in [-0.25, -0.2) is 0 Å². The van der Waals surface area contributed by atoms with E-state index in [2.05, 4.69) is 16.9 Å². The van der Waals surface area contributed by atoms with Gasteiger partial charge in [-0.2, -0.15) is 5.10 Å². The number of hydrogen-bond acceptors (Lipinski definition) is 3. The summed E-state index contributed by atoms with van der Waals surface area (Å²) in [6, 6.07) is 2.99. The van der Waals surface area contributed by atoms with Crippen LogP contribution in [0.5, 0.6) is 0 Å². The van der Waals surface area contributed by atoms with Gasteiger partial charge < -0.3 is 10.5 Å². The third-order valence-corrected chi connectivity index (χ3v) is 4.72. The van der Waals surface area contributed by atoms with E-state index in [9.17, 15) is 0 Å². The summed E-state index contributed by atoms with van der Waals surface area (Å²) in [6.07, 6.45) is 13.3. The summed E-state index contributed by atoms with van der Waals surface area (Å²) in [5.74, 6) is 0. The highest BCUT2D eigenvalue weighted by atomic mass is 16.5. The molecule has 20 heavy (non-hydrogen) atoms. The molecule has 2 aliphatic rings. The van der Waals surface area contributed by atoms with Crippen molar-refractivity contribution in [1.82, 2.24) is 9.78 Å². The molecule has 2 atom stereocenters. The van der Waals surface area contributed by atoms with E-state index in [4.69, 9.17) is 15.6 Å². The quantitative estimate of drug-likeness (QED) is 0.870. The molecule has 1 aromatic rings. The van der Waals surface area contributed by atoms with Gasteiger partial charge in [0.25, 0.3) is 0 Å². The van der Waals surface area contributed by atoms with Gasteiger partial charge in [0.1, 0.15) is 0 Å². The summed E-state index contributed by atoms with van der Waals surface area (Å²) in [5, 5.41) is 4.72. The number of aromatic nitrogens is 2. The van der Waals surface area contributed by atoms with Gasteiger partial charge in [-0.3, -0.25) is 4.68 Å². The molecule has 1 aromatic heterocycles. The summed E-state index contributed by atoms with van der Waals surface area (Å²) in [4.78, 5) is 0. The predicted octanol–water partition coefficient (Wildman–Crippen LogP) is 2.83. The smallest absolute Gasteiger partial charge is 0.0640 e. The Kier molecular flexibility index (Phi) is 4.73. The fraction of sp³-hybridized carbons (Fsp3) is 0.812. The number of hydrogen-bond donors (Lipinski definition) is 1. The monoisotopic (exact) mass is 277 g/mol. The van der Waals surface area contributed by atoms with Crippen LogP contribution in [0.4, 0.5) is 0 Å². The molecule has 2 fully saturated rings. The summed E-state index contributed by atoms with van der Waals surface area (Å²) in [7, 11) is 0. The molecule has 4 nitrogen and oxygen atoms in total. The predicted molar refractivity (Wildman–Crippen MR) is 79.6 cm³/mol. The van der Waals surface area contributed by atoms with Crippen LogP contribution in [0.1, 0.15) is 63.1 Å². The van der Waals surface area contributed by atoms with Crippen molar-refractivity contribution in [3.63, 3.8) is 0 Å². The average Bonchev–Trinajstić information content (AvgIpc) is 3.18. The van der Waals surface area contributed by atoms with Crippen molar-refractivity contribution in [3.8, 4) is 0 Å². The van der Waals surface area contributed by atoms with E-state index < -0.39 is 0 Å². The van der Waals surface area contributed by atoms with E-state index in [-0.39, 0.29) is 6.04 Å². The highest BCUT2D eigenvalue weighted by Gasteiger charge is 2.19. The first-order chi connectivity index (χ1) is 9.81. The molecule has 0 spiro atoms. The molecule has 0 bridgehead atoms. The lowest BCUT2D eigenvalue weighted by molar-refractivity contribution is 0.101. The molecule has 1 aliphatic heterocycles. The van der Waals surface area contributed by atoms with Crippen LogP contribution < -0.4 is 5.73 Å². The molecule has 3 rings (SSSR count). The second kappa shape index (κ2) is 6.72. The zero-order valence-corrected chi connectivity index (χ0v) is 12.3. The average molecular weight is 277 g/mol. The van der Waals surface area contributed by atoms with Crippen molar-refractivity contribution in [2.45, 2.75) is 76.0 Å². The van der Waals surface area contributed by atoms with Crippen molar-refractivity contribution in [1.29, 1.82) is 0 Å². The lowest BCUT2D eigenvalue weighted by Crippen LogP contribution is -2.25. The molecule has 0 amide bonds. The molecule has 1 saturated carbocycles. The van der Waals surface area contributed by atoms with Crippen LogP contribution in [-0.2, 0) is 11.2 Å². The van der Waals surface area contributed by atoms with E-state index in [1.807, 2.05) is 0 Å². The molecular formula is C16H27N3O. The van der Waals surface area contributed by atoms with E-state index in [1.54, 1.807) is 0 Å². The standard InChI is InChI=1S/C16H27N3O/c17-13(7-8-16-6-3-11-20-16)12-14-9-10-19(18-14)15-4-1-2-5-15/h9-10,13,15-16H,1-8,11-12,17H2. The number of rotatable bonds is 6. The molecule has 1 aliphatic carbocycles. The second-order valence-corrected chi connectivity index (χ2v) is 6.40. The van der Waals surface area contributed by atoms with Crippen molar-refractivity contribution in [2.75, 3.05) is 6.61 Å². The maximum absolute atomic E-state index is 6.24. The third-order valence-electron chi connectivity index (χ3n) is 4.72. The van der Waals surface area contributed by atoms with Crippen LogP contribution in [0.15, 0.2) is 12.3 Å². The Bertz CT molecular complexity index is 406. The Hall–Kier alpha value is -0.870. The molecule has 0 aromatic carbocycles. The Morgan fingerprint density at radius 2 is 2.15 bits per heavy atom. The molecule has 2 N–H and O–H groups in total. The lowest BCUT2D eigenvalue weighted by Gasteiger charge is -2.14. The zero-order valence-electron chi connectivity index (χ0n) is 12.3. The van der Waals surface area contributed by atoms with Gasteiger partial charge in [0.15, 0.2) is 0 Å². The van der Waals surface area contributed by atoms with Crippen LogP contribution >= 0.6 is 0 Å². The Balaban J connectivity index is 1.44. The van der Waals surface area contributed by atoms with Crippen molar-refractivity contribution in [2.24, 2.45) is 5.73 Å². The Morgan fingerprint density at radius 3 is 2.90 bits per heavy atom. The maximum Gasteiger partial charge on any atom is 0.0640 e. The normalized spacial score (nSPS) is 25.4. The first-order valence-electron chi connectivity index (χ1n) is 8.22. The van der Waals surface area contributed by atoms with E-state index in [0.29, 0.717) is 12.1 Å². The van der Waals surface area contributed by atoms with Gasteiger partial charge in [-0.15, -0.1) is 0 Å². The van der Waals surface area contributed by atoms with Gasteiger partial charge in [-0.05, 0) is 44.6 Å². The fourth-order valence-corrected chi connectivity index (χ4v) is 3.50. The topological polar surface area (TPSA) is 53.1 Å². The highest BCUT2D eigenvalue weighted by molar-refractivity contribution is 5.02. The number of nitrogens with two attached hydrogens (primary N) is 1. The highest BCUT2D eigenvalue weighted by Crippen LogP contribution is 2.28. The number of ether oxygens (including phenoxy) is 1.